The summed E-state index contributed by atoms with van der Waals surface area (Å²) in [6, 6.07) is 12.0. The molecule has 0 radical (unpaired) electrons. The van der Waals surface area contributed by atoms with Crippen LogP contribution in [0.4, 0.5) is 17.1 Å². The molecule has 0 saturated carbocycles. The molecule has 0 atom stereocenters. The lowest BCUT2D eigenvalue weighted by atomic mass is 10.0. The highest BCUT2D eigenvalue weighted by molar-refractivity contribution is 6.85. The van der Waals surface area contributed by atoms with Gasteiger partial charge < -0.3 is 15.3 Å². The number of nitrogens with zero attached hydrogens (tertiary/aromatic N) is 3. The molecule has 0 bridgehead atoms. The number of hydrogen-bond donors (Lipinski definition) is 3. The minimum absolute atomic E-state index is 0.0627. The van der Waals surface area contributed by atoms with Crippen LogP contribution in [-0.2, 0) is 0 Å². The summed E-state index contributed by atoms with van der Waals surface area (Å²) >= 11 is 0. The first-order valence-corrected chi connectivity index (χ1v) is 45.4. The number of phenols is 3. The van der Waals surface area contributed by atoms with E-state index < -0.39 is 65.7 Å². The molecule has 3 N–H and O–H groups in total. The first kappa shape index (κ1) is 58.5. The van der Waals surface area contributed by atoms with Gasteiger partial charge in [0.15, 0.2) is 0 Å². The van der Waals surface area contributed by atoms with E-state index in [2.05, 4.69) is 187 Å². The zero-order valence-electron chi connectivity index (χ0n) is 46.9. The Morgan fingerprint density at radius 3 is 0.597 bits per heavy atom. The number of aromatic hydroxyl groups is 3. The number of hydrogen-bond acceptors (Lipinski definition) is 6. The van der Waals surface area contributed by atoms with E-state index in [4.69, 9.17) is 15.0 Å². The predicted octanol–water partition coefficient (Wildman–Crippen LogP) is 14.4. The minimum Gasteiger partial charge on any atom is -0.506 e. The third kappa shape index (κ3) is 18.5. The second-order valence-corrected chi connectivity index (χ2v) is 53.2. The normalized spacial score (nSPS) is 12.1. The van der Waals surface area contributed by atoms with Gasteiger partial charge in [-0.25, -0.2) is 0 Å². The summed E-state index contributed by atoms with van der Waals surface area (Å²) in [5, 5.41) is 37.1. The maximum absolute atomic E-state index is 12.4. The van der Waals surface area contributed by atoms with Crippen LogP contribution < -0.4 is 0 Å². The fraction of sp³-hybridized carbons (Fsp3) is 0.350. The van der Waals surface area contributed by atoms with Crippen molar-refractivity contribution in [2.24, 2.45) is 15.0 Å². The van der Waals surface area contributed by atoms with Crippen molar-refractivity contribution in [1.29, 1.82) is 0 Å². The first-order chi connectivity index (χ1) is 32.9. The number of aryl methyl sites for hydroxylation is 3. The molecule has 0 fully saturated rings. The molecule has 0 aliphatic heterocycles. The van der Waals surface area contributed by atoms with Gasteiger partial charge in [-0.05, 0) is 73.9 Å². The Bertz CT molecular complexity index is 2760. The third-order valence-corrected chi connectivity index (χ3v) is 14.9. The third-order valence-electron chi connectivity index (χ3n) is 9.69. The van der Waals surface area contributed by atoms with E-state index in [1.807, 2.05) is 57.2 Å². The molecule has 4 aromatic carbocycles. The van der Waals surface area contributed by atoms with Gasteiger partial charge in [-0.3, -0.25) is 15.0 Å². The van der Waals surface area contributed by atoms with Crippen molar-refractivity contribution in [3.63, 3.8) is 0 Å². The van der Waals surface area contributed by atoms with E-state index in [0.717, 1.165) is 16.7 Å². The average Bonchev–Trinajstić information content (AvgIpc) is 3.21. The number of phenolic OH excluding ortho intramolecular Hbond substituents is 3. The molecule has 6 nitrogen and oxygen atoms in total. The molecule has 0 unspecified atom stereocenters. The molecule has 0 heterocycles. The average molecular weight is 1050 g/mol. The SMILES string of the molecule is Cc1cc(C#C[Si](C)(C)C)c(N=Cc2c(O)c(C=Nc3c(C#C[Si](C)(C)C)cc(C)cc3C#C[Si](C)(C)C)c(O)c(C=Nc3c(C#C[Si](C)(C)C)cc(C)cc3C#C[Si](C)(C)C)c2O)c(C#C[Si](C)(C)C)c1. The molecule has 0 amide bonds. The van der Waals surface area contributed by atoms with Gasteiger partial charge >= 0.3 is 0 Å². The maximum atomic E-state index is 12.4. The van der Waals surface area contributed by atoms with Gasteiger partial charge in [0.1, 0.15) is 65.7 Å². The summed E-state index contributed by atoms with van der Waals surface area (Å²) in [4.78, 5) is 15.0. The molecule has 72 heavy (non-hydrogen) atoms. The van der Waals surface area contributed by atoms with E-state index in [0.29, 0.717) is 50.4 Å². The Labute approximate surface area is 439 Å². The zero-order valence-corrected chi connectivity index (χ0v) is 52.9. The topological polar surface area (TPSA) is 97.8 Å². The Kier molecular flexibility index (Phi) is 18.5. The highest BCUT2D eigenvalue weighted by atomic mass is 28.3. The molecule has 0 aliphatic carbocycles. The minimum atomic E-state index is -1.83. The molecule has 0 saturated heterocycles. The van der Waals surface area contributed by atoms with Crippen molar-refractivity contribution < 1.29 is 15.3 Å². The summed E-state index contributed by atoms with van der Waals surface area (Å²) in [6.45, 7) is 45.4. The van der Waals surface area contributed by atoms with Gasteiger partial charge in [-0.1, -0.05) is 153 Å². The van der Waals surface area contributed by atoms with Crippen LogP contribution in [0.5, 0.6) is 17.2 Å². The molecule has 0 aliphatic rings. The van der Waals surface area contributed by atoms with E-state index >= 15 is 0 Å². The molecule has 372 valence electrons. The van der Waals surface area contributed by atoms with Crippen molar-refractivity contribution >= 4 is 84.1 Å². The monoisotopic (exact) mass is 1050 g/mol. The number of rotatable bonds is 6. The van der Waals surface area contributed by atoms with Crippen LogP contribution in [0.2, 0.25) is 118 Å². The second-order valence-electron chi connectivity index (χ2n) is 24.7. The lowest BCUT2D eigenvalue weighted by Gasteiger charge is -2.14. The Balaban J connectivity index is 2.24. The highest BCUT2D eigenvalue weighted by Crippen LogP contribution is 2.41. The van der Waals surface area contributed by atoms with Gasteiger partial charge in [-0.15, -0.1) is 33.3 Å². The first-order valence-electron chi connectivity index (χ1n) is 24.4. The van der Waals surface area contributed by atoms with Crippen molar-refractivity contribution in [3.8, 4) is 86.0 Å². The summed E-state index contributed by atoms with van der Waals surface area (Å²) in [6.07, 6.45) is 4.23. The standard InChI is InChI=1S/C60H75N3O3Si6/c1-43-34-46(22-28-67(4,5)6)55(47(35-43)23-29-68(7,8)9)61-40-52-58(64)53(41-62-56-48(24-30-69(10,11)12)36-44(2)37-49(56)25-31-70(13,14)15)60(66)54(59(52)65)42-63-57-50(26-32-71(16,17)18)38-45(3)39-51(57)27-33-72(19,20)21/h34-42,64-66H,1-21H3. The number of benzene rings is 4. The summed E-state index contributed by atoms with van der Waals surface area (Å²) in [5.74, 6) is 19.1. The molecule has 0 spiro atoms. The summed E-state index contributed by atoms with van der Waals surface area (Å²) < 4.78 is 0. The summed E-state index contributed by atoms with van der Waals surface area (Å²) in [5.41, 5.74) is 29.4. The van der Waals surface area contributed by atoms with Crippen LogP contribution in [0.15, 0.2) is 51.4 Å². The fourth-order valence-electron chi connectivity index (χ4n) is 6.38. The zero-order chi connectivity index (χ0) is 54.4. The second kappa shape index (κ2) is 22.8. The van der Waals surface area contributed by atoms with Crippen molar-refractivity contribution in [2.75, 3.05) is 0 Å². The summed E-state index contributed by atoms with van der Waals surface area (Å²) in [7, 11) is -11.0. The van der Waals surface area contributed by atoms with Crippen LogP contribution in [0, 0.1) is 89.6 Å². The lowest BCUT2D eigenvalue weighted by Crippen LogP contribution is -2.16. The highest BCUT2D eigenvalue weighted by Gasteiger charge is 2.23. The molecule has 12 heteroatoms. The van der Waals surface area contributed by atoms with E-state index in [9.17, 15) is 15.3 Å². The number of aliphatic imine (C=N–C) groups is 3. The van der Waals surface area contributed by atoms with Crippen LogP contribution in [-0.4, -0.2) is 82.4 Å². The smallest absolute Gasteiger partial charge is 0.140 e. The molecule has 0 aromatic heterocycles. The van der Waals surface area contributed by atoms with Gasteiger partial charge in [0, 0.05) is 18.6 Å². The van der Waals surface area contributed by atoms with E-state index in [-0.39, 0.29) is 16.7 Å². The largest absolute Gasteiger partial charge is 0.506 e. The lowest BCUT2D eigenvalue weighted by molar-refractivity contribution is 0.425. The molecular weight excluding hydrogens is 979 g/mol. The predicted molar refractivity (Wildman–Crippen MR) is 328 cm³/mol. The molecule has 4 rings (SSSR count). The maximum Gasteiger partial charge on any atom is 0.140 e. The van der Waals surface area contributed by atoms with Gasteiger partial charge in [-0.2, -0.15) is 0 Å². The van der Waals surface area contributed by atoms with Crippen LogP contribution in [0.25, 0.3) is 0 Å². The van der Waals surface area contributed by atoms with E-state index in [1.54, 1.807) is 0 Å². The van der Waals surface area contributed by atoms with Gasteiger partial charge in [0.25, 0.3) is 0 Å². The fourth-order valence-corrected chi connectivity index (χ4v) is 9.44. The van der Waals surface area contributed by atoms with Crippen LogP contribution >= 0.6 is 0 Å². The van der Waals surface area contributed by atoms with Gasteiger partial charge in [0.2, 0.25) is 0 Å². The van der Waals surface area contributed by atoms with Crippen molar-refractivity contribution in [3.05, 3.63) is 103 Å². The van der Waals surface area contributed by atoms with Crippen molar-refractivity contribution in [2.45, 2.75) is 139 Å². The quantitative estimate of drug-likeness (QED) is 0.102. The Hall–Kier alpha value is -6.05. The molecule has 4 aromatic rings. The van der Waals surface area contributed by atoms with Gasteiger partial charge in [0.05, 0.1) is 67.1 Å². The van der Waals surface area contributed by atoms with Crippen LogP contribution in [0.1, 0.15) is 66.8 Å². The molecular formula is C60H75N3O3Si6. The van der Waals surface area contributed by atoms with Crippen LogP contribution in [0.3, 0.4) is 0 Å². The van der Waals surface area contributed by atoms with E-state index in [1.165, 1.54) is 18.6 Å². The Morgan fingerprint density at radius 1 is 0.306 bits per heavy atom. The Morgan fingerprint density at radius 2 is 0.458 bits per heavy atom. The van der Waals surface area contributed by atoms with Crippen molar-refractivity contribution in [1.82, 2.24) is 0 Å².